The number of carbonyl (C=O) groups is 1. The fourth-order valence-electron chi connectivity index (χ4n) is 4.55. The van der Waals surface area contributed by atoms with Gasteiger partial charge in [0, 0.05) is 0 Å². The van der Waals surface area contributed by atoms with Crippen LogP contribution in [0.15, 0.2) is 60.7 Å². The first-order chi connectivity index (χ1) is 14.5. The van der Waals surface area contributed by atoms with Crippen molar-refractivity contribution in [3.63, 3.8) is 0 Å². The van der Waals surface area contributed by atoms with Gasteiger partial charge in [0.2, 0.25) is 0 Å². The van der Waals surface area contributed by atoms with Gasteiger partial charge in [-0.15, -0.1) is 0 Å². The Balaban J connectivity index is 1.36. The van der Waals surface area contributed by atoms with Crippen molar-refractivity contribution in [3.8, 4) is 0 Å². The molecule has 3 aliphatic rings. The zero-order valence-corrected chi connectivity index (χ0v) is 17.2. The van der Waals surface area contributed by atoms with Crippen LogP contribution in [0, 0.1) is 0 Å². The third kappa shape index (κ3) is 3.44. The minimum Gasteiger partial charge on any atom is -0.456 e. The molecule has 30 heavy (non-hydrogen) atoms. The van der Waals surface area contributed by atoms with E-state index in [9.17, 15) is 4.79 Å². The van der Waals surface area contributed by atoms with Gasteiger partial charge in [-0.25, -0.2) is 4.79 Å². The van der Waals surface area contributed by atoms with Gasteiger partial charge >= 0.3 is 5.97 Å². The molecule has 2 aromatic rings. The lowest BCUT2D eigenvalue weighted by atomic mass is 9.72. The highest BCUT2D eigenvalue weighted by Gasteiger charge is 2.69. The highest BCUT2D eigenvalue weighted by Crippen LogP contribution is 2.53. The van der Waals surface area contributed by atoms with Crippen molar-refractivity contribution >= 4 is 5.97 Å². The van der Waals surface area contributed by atoms with Gasteiger partial charge in [0.25, 0.3) is 0 Å². The molecule has 0 radical (unpaired) electrons. The molecule has 6 heteroatoms. The molecule has 5 atom stereocenters. The Morgan fingerprint density at radius 2 is 1.70 bits per heavy atom. The molecule has 1 spiro atoms. The highest BCUT2D eigenvalue weighted by atomic mass is 16.8. The van der Waals surface area contributed by atoms with E-state index in [4.69, 9.17) is 23.7 Å². The highest BCUT2D eigenvalue weighted by molar-refractivity contribution is 5.89. The van der Waals surface area contributed by atoms with E-state index < -0.39 is 29.9 Å². The second-order valence-electron chi connectivity index (χ2n) is 8.56. The van der Waals surface area contributed by atoms with Crippen LogP contribution in [0.5, 0.6) is 0 Å². The smallest absolute Gasteiger partial charge is 0.338 e. The summed E-state index contributed by atoms with van der Waals surface area (Å²) in [7, 11) is 0. The van der Waals surface area contributed by atoms with E-state index in [0.717, 1.165) is 12.0 Å². The third-order valence-electron chi connectivity index (χ3n) is 6.08. The summed E-state index contributed by atoms with van der Waals surface area (Å²) in [6.45, 7) is 4.15. The molecule has 2 saturated heterocycles. The molecule has 3 unspecified atom stereocenters. The zero-order valence-electron chi connectivity index (χ0n) is 17.2. The summed E-state index contributed by atoms with van der Waals surface area (Å²) in [6, 6.07) is 19.0. The van der Waals surface area contributed by atoms with E-state index in [1.807, 2.05) is 62.4 Å². The quantitative estimate of drug-likeness (QED) is 0.698. The summed E-state index contributed by atoms with van der Waals surface area (Å²) in [4.78, 5) is 12.6. The van der Waals surface area contributed by atoms with Gasteiger partial charge in [0.1, 0.15) is 23.9 Å². The largest absolute Gasteiger partial charge is 0.456 e. The number of carbonyl (C=O) groups excluding carboxylic acids is 1. The average molecular weight is 410 g/mol. The standard InChI is InChI=1S/C24H26O6/c1-23(2)28-19-20(26-15-16-9-5-3-6-10-16)24(30-22(19)29-23)14-13-18(24)27-21(25)17-11-7-4-8-12-17/h3-12,18-20,22H,13-15H2,1-2H3/t18-,19?,20?,22?,24-/m0/s1. The second kappa shape index (κ2) is 7.46. The lowest BCUT2D eigenvalue weighted by molar-refractivity contribution is -0.287. The molecule has 1 aliphatic carbocycles. The summed E-state index contributed by atoms with van der Waals surface area (Å²) >= 11 is 0. The van der Waals surface area contributed by atoms with Crippen LogP contribution < -0.4 is 0 Å². The number of fused-ring (bicyclic) bond motifs is 1. The number of hydrogen-bond acceptors (Lipinski definition) is 6. The van der Waals surface area contributed by atoms with E-state index in [0.29, 0.717) is 18.6 Å². The summed E-state index contributed by atoms with van der Waals surface area (Å²) in [6.07, 6.45) is -0.286. The van der Waals surface area contributed by atoms with Crippen LogP contribution in [0.2, 0.25) is 0 Å². The lowest BCUT2D eigenvalue weighted by Crippen LogP contribution is -2.62. The maximum atomic E-state index is 12.6. The molecule has 1 saturated carbocycles. The summed E-state index contributed by atoms with van der Waals surface area (Å²) < 4.78 is 30.6. The summed E-state index contributed by atoms with van der Waals surface area (Å²) in [5, 5.41) is 0. The van der Waals surface area contributed by atoms with E-state index in [-0.39, 0.29) is 12.1 Å². The van der Waals surface area contributed by atoms with Gasteiger partial charge < -0.3 is 23.7 Å². The van der Waals surface area contributed by atoms with Crippen molar-refractivity contribution < 1.29 is 28.5 Å². The first-order valence-electron chi connectivity index (χ1n) is 10.4. The van der Waals surface area contributed by atoms with E-state index in [1.165, 1.54) is 0 Å². The molecule has 0 amide bonds. The van der Waals surface area contributed by atoms with Crippen LogP contribution in [0.4, 0.5) is 0 Å². The van der Waals surface area contributed by atoms with Crippen LogP contribution in [0.1, 0.15) is 42.6 Å². The van der Waals surface area contributed by atoms with Crippen molar-refractivity contribution in [2.45, 2.75) is 69.3 Å². The molecule has 0 bridgehead atoms. The van der Waals surface area contributed by atoms with Gasteiger partial charge in [-0.2, -0.15) is 0 Å². The predicted octanol–water partition coefficient (Wildman–Crippen LogP) is 3.84. The fourth-order valence-corrected chi connectivity index (χ4v) is 4.55. The molecule has 3 fully saturated rings. The molecular weight excluding hydrogens is 384 g/mol. The first kappa shape index (κ1) is 19.7. The molecule has 0 N–H and O–H groups in total. The van der Waals surface area contributed by atoms with Gasteiger partial charge in [-0.3, -0.25) is 0 Å². The summed E-state index contributed by atoms with van der Waals surface area (Å²) in [5.41, 5.74) is 0.824. The SMILES string of the molecule is CC1(C)OC2O[C@]3(CC[C@@H]3OC(=O)c3ccccc3)C(OCc3ccccc3)C2O1. The molecular formula is C24H26O6. The van der Waals surface area contributed by atoms with Crippen LogP contribution in [0.3, 0.4) is 0 Å². The van der Waals surface area contributed by atoms with Crippen LogP contribution in [0.25, 0.3) is 0 Å². The number of benzene rings is 2. The minimum atomic E-state index is -0.759. The molecule has 158 valence electrons. The van der Waals surface area contributed by atoms with Crippen molar-refractivity contribution in [2.75, 3.05) is 0 Å². The van der Waals surface area contributed by atoms with Crippen LogP contribution in [-0.4, -0.2) is 42.0 Å². The normalized spacial score (nSPS) is 33.8. The van der Waals surface area contributed by atoms with Gasteiger partial charge in [0.05, 0.1) is 12.2 Å². The molecule has 5 rings (SSSR count). The Bertz CT molecular complexity index is 898. The Morgan fingerprint density at radius 1 is 1.00 bits per heavy atom. The van der Waals surface area contributed by atoms with E-state index >= 15 is 0 Å². The maximum absolute atomic E-state index is 12.6. The van der Waals surface area contributed by atoms with Crippen LogP contribution in [-0.2, 0) is 30.3 Å². The molecule has 2 aliphatic heterocycles. The van der Waals surface area contributed by atoms with Gasteiger partial charge in [0.15, 0.2) is 12.1 Å². The van der Waals surface area contributed by atoms with Crippen molar-refractivity contribution in [2.24, 2.45) is 0 Å². The fraction of sp³-hybridized carbons (Fsp3) is 0.458. The monoisotopic (exact) mass is 410 g/mol. The Kier molecular flexibility index (Phi) is 4.90. The first-order valence-corrected chi connectivity index (χ1v) is 10.4. The van der Waals surface area contributed by atoms with E-state index in [1.54, 1.807) is 12.1 Å². The molecule has 2 heterocycles. The number of hydrogen-bond donors (Lipinski definition) is 0. The molecule has 6 nitrogen and oxygen atoms in total. The minimum absolute atomic E-state index is 0.357. The van der Waals surface area contributed by atoms with Gasteiger partial charge in [-0.1, -0.05) is 48.5 Å². The van der Waals surface area contributed by atoms with Crippen molar-refractivity contribution in [1.29, 1.82) is 0 Å². The number of esters is 1. The zero-order chi connectivity index (χ0) is 20.8. The van der Waals surface area contributed by atoms with Crippen LogP contribution >= 0.6 is 0 Å². The molecule has 0 aromatic heterocycles. The van der Waals surface area contributed by atoms with Crippen molar-refractivity contribution in [3.05, 3.63) is 71.8 Å². The maximum Gasteiger partial charge on any atom is 0.338 e. The second-order valence-corrected chi connectivity index (χ2v) is 8.56. The summed E-state index contributed by atoms with van der Waals surface area (Å²) in [5.74, 6) is -1.10. The predicted molar refractivity (Wildman–Crippen MR) is 108 cm³/mol. The number of ether oxygens (including phenoxy) is 5. The van der Waals surface area contributed by atoms with E-state index in [2.05, 4.69) is 0 Å². The average Bonchev–Trinajstić information content (AvgIpc) is 3.21. The van der Waals surface area contributed by atoms with Gasteiger partial charge in [-0.05, 0) is 44.4 Å². The number of rotatable bonds is 5. The third-order valence-corrected chi connectivity index (χ3v) is 6.08. The Hall–Kier alpha value is -2.25. The lowest BCUT2D eigenvalue weighted by Gasteiger charge is -2.48. The van der Waals surface area contributed by atoms with Crippen molar-refractivity contribution in [1.82, 2.24) is 0 Å². The molecule has 2 aromatic carbocycles. The Morgan fingerprint density at radius 3 is 2.37 bits per heavy atom. The Labute approximate surface area is 176 Å². The topological polar surface area (TPSA) is 63.2 Å².